The van der Waals surface area contributed by atoms with Crippen LogP contribution in [0.2, 0.25) is 0 Å². The topological polar surface area (TPSA) is 101 Å². The third-order valence-electron chi connectivity index (χ3n) is 5.10. The maximum absolute atomic E-state index is 12.2. The van der Waals surface area contributed by atoms with Crippen molar-refractivity contribution in [1.82, 2.24) is 19.9 Å². The van der Waals surface area contributed by atoms with E-state index in [0.29, 0.717) is 16.9 Å². The minimum Gasteiger partial charge on any atom is -0.354 e. The lowest BCUT2D eigenvalue weighted by Crippen LogP contribution is -2.07. The maximum atomic E-state index is 12.2. The van der Waals surface area contributed by atoms with Crippen LogP contribution in [0.5, 0.6) is 0 Å². The van der Waals surface area contributed by atoms with Gasteiger partial charge in [-0.15, -0.1) is 0 Å². The van der Waals surface area contributed by atoms with Gasteiger partial charge in [0.2, 0.25) is 0 Å². The highest BCUT2D eigenvalue weighted by molar-refractivity contribution is 7.90. The molecule has 3 aromatic heterocycles. The van der Waals surface area contributed by atoms with E-state index in [-0.39, 0.29) is 6.32 Å². The summed E-state index contributed by atoms with van der Waals surface area (Å²) < 4.78 is 25.5. The van der Waals surface area contributed by atoms with Crippen molar-refractivity contribution in [2.75, 3.05) is 30.6 Å². The predicted octanol–water partition coefficient (Wildman–Crippen LogP) is 4.76. The molecular formula is C23H22N6O2S2. The summed E-state index contributed by atoms with van der Waals surface area (Å²) in [4.78, 5) is 20.0. The molecule has 0 atom stereocenters. The standard InChI is InChI=1S/C23H20N6O2S2.H2/c1-29(2)23-28-17-10-14(4-5-20(17)32-23)16-11-15(12-18-22(16)26-9-8-25-18)27-19-13-24-7-6-21(19)33(3,30)31;/h4-13,27H,1-3H3;1H. The fraction of sp³-hybridized carbons (Fsp3) is 0.130. The Morgan fingerprint density at radius 2 is 1.82 bits per heavy atom. The number of rotatable bonds is 5. The van der Waals surface area contributed by atoms with Crippen molar-refractivity contribution in [2.24, 2.45) is 0 Å². The number of hydrogen-bond donors (Lipinski definition) is 1. The van der Waals surface area contributed by atoms with Gasteiger partial charge in [0.05, 0.1) is 38.0 Å². The Balaban J connectivity index is 0.00000274. The number of hydrogen-bond acceptors (Lipinski definition) is 9. The summed E-state index contributed by atoms with van der Waals surface area (Å²) in [5, 5.41) is 4.15. The normalized spacial score (nSPS) is 11.7. The van der Waals surface area contributed by atoms with Gasteiger partial charge in [-0.1, -0.05) is 17.4 Å². The zero-order valence-electron chi connectivity index (χ0n) is 18.1. The molecule has 33 heavy (non-hydrogen) atoms. The van der Waals surface area contributed by atoms with Gasteiger partial charge in [0.15, 0.2) is 15.0 Å². The van der Waals surface area contributed by atoms with Gasteiger partial charge in [-0.25, -0.2) is 13.4 Å². The number of nitrogens with zero attached hydrogens (tertiary/aromatic N) is 5. The van der Waals surface area contributed by atoms with Gasteiger partial charge < -0.3 is 10.2 Å². The molecule has 0 aliphatic rings. The van der Waals surface area contributed by atoms with Gasteiger partial charge in [0.1, 0.15) is 0 Å². The fourth-order valence-electron chi connectivity index (χ4n) is 3.60. The van der Waals surface area contributed by atoms with Crippen molar-refractivity contribution in [1.29, 1.82) is 0 Å². The Hall–Kier alpha value is -3.63. The molecule has 0 aliphatic carbocycles. The van der Waals surface area contributed by atoms with E-state index in [1.54, 1.807) is 23.7 Å². The summed E-state index contributed by atoms with van der Waals surface area (Å²) in [6.45, 7) is 0. The van der Waals surface area contributed by atoms with Crippen LogP contribution in [0.15, 0.2) is 66.1 Å². The summed E-state index contributed by atoms with van der Waals surface area (Å²) in [5.41, 5.74) is 5.25. The molecule has 10 heteroatoms. The fourth-order valence-corrected chi connectivity index (χ4v) is 5.28. The summed E-state index contributed by atoms with van der Waals surface area (Å²) >= 11 is 1.63. The van der Waals surface area contributed by atoms with Crippen LogP contribution in [0.1, 0.15) is 1.43 Å². The van der Waals surface area contributed by atoms with Gasteiger partial charge in [-0.3, -0.25) is 15.0 Å². The Morgan fingerprint density at radius 3 is 2.61 bits per heavy atom. The molecule has 5 rings (SSSR count). The molecule has 0 aliphatic heterocycles. The average molecular weight is 479 g/mol. The van der Waals surface area contributed by atoms with Crippen LogP contribution < -0.4 is 10.2 Å². The molecule has 168 valence electrons. The Labute approximate surface area is 196 Å². The zero-order chi connectivity index (χ0) is 23.2. The quantitative estimate of drug-likeness (QED) is 0.386. The van der Waals surface area contributed by atoms with E-state index in [2.05, 4.69) is 26.3 Å². The highest BCUT2D eigenvalue weighted by atomic mass is 32.2. The van der Waals surface area contributed by atoms with E-state index < -0.39 is 9.84 Å². The Bertz CT molecular complexity index is 1620. The molecule has 0 radical (unpaired) electrons. The molecule has 0 bridgehead atoms. The molecule has 5 aromatic rings. The largest absolute Gasteiger partial charge is 0.354 e. The summed E-state index contributed by atoms with van der Waals surface area (Å²) in [5.74, 6) is 0. The number of sulfone groups is 1. The second-order valence-electron chi connectivity index (χ2n) is 7.79. The molecule has 0 saturated carbocycles. The second-order valence-corrected chi connectivity index (χ2v) is 10.8. The van der Waals surface area contributed by atoms with Crippen molar-refractivity contribution in [3.63, 3.8) is 0 Å². The van der Waals surface area contributed by atoms with E-state index in [9.17, 15) is 8.42 Å². The minimum absolute atomic E-state index is 0. The van der Waals surface area contributed by atoms with Crippen molar-refractivity contribution in [3.05, 3.63) is 61.2 Å². The lowest BCUT2D eigenvalue weighted by molar-refractivity contribution is 0.602. The van der Waals surface area contributed by atoms with Gasteiger partial charge in [0.25, 0.3) is 0 Å². The van der Waals surface area contributed by atoms with Crippen molar-refractivity contribution < 1.29 is 9.84 Å². The van der Waals surface area contributed by atoms with Gasteiger partial charge in [-0.2, -0.15) is 0 Å². The van der Waals surface area contributed by atoms with E-state index in [1.165, 1.54) is 24.7 Å². The van der Waals surface area contributed by atoms with E-state index >= 15 is 0 Å². The van der Waals surface area contributed by atoms with Crippen molar-refractivity contribution >= 4 is 58.9 Å². The van der Waals surface area contributed by atoms with E-state index in [4.69, 9.17) is 4.98 Å². The molecule has 1 N–H and O–H groups in total. The molecule has 0 amide bonds. The molecule has 0 unspecified atom stereocenters. The zero-order valence-corrected chi connectivity index (χ0v) is 19.8. The monoisotopic (exact) mass is 478 g/mol. The summed E-state index contributed by atoms with van der Waals surface area (Å²) in [6.07, 6.45) is 7.43. The first-order chi connectivity index (χ1) is 15.8. The van der Waals surface area contributed by atoms with Crippen LogP contribution in [0.4, 0.5) is 16.5 Å². The highest BCUT2D eigenvalue weighted by Crippen LogP contribution is 2.35. The van der Waals surface area contributed by atoms with Crippen molar-refractivity contribution in [3.8, 4) is 11.1 Å². The third kappa shape index (κ3) is 4.10. The first kappa shape index (κ1) is 21.2. The lowest BCUT2D eigenvalue weighted by atomic mass is 10.0. The SMILES string of the molecule is CN(C)c1nc2cc(-c3cc(Nc4cnccc4S(C)(=O)=O)cc4nccnc34)ccc2s1.[HH]. The van der Waals surface area contributed by atoms with E-state index in [1.807, 2.05) is 43.3 Å². The lowest BCUT2D eigenvalue weighted by Gasteiger charge is -2.13. The molecule has 0 spiro atoms. The summed E-state index contributed by atoms with van der Waals surface area (Å²) in [6, 6.07) is 11.4. The molecular weight excluding hydrogens is 456 g/mol. The number of nitrogens with one attached hydrogen (secondary N) is 1. The molecule has 2 aromatic carbocycles. The van der Waals surface area contributed by atoms with Crippen LogP contribution in [-0.2, 0) is 9.84 Å². The van der Waals surface area contributed by atoms with Gasteiger partial charge >= 0.3 is 0 Å². The number of benzene rings is 2. The minimum atomic E-state index is -3.43. The second kappa shape index (κ2) is 8.05. The number of aromatic nitrogens is 4. The van der Waals surface area contributed by atoms with Crippen LogP contribution in [0.3, 0.4) is 0 Å². The number of anilines is 3. The maximum Gasteiger partial charge on any atom is 0.185 e. The molecule has 0 fully saturated rings. The van der Waals surface area contributed by atoms with Crippen LogP contribution in [0, 0.1) is 0 Å². The molecule has 8 nitrogen and oxygen atoms in total. The van der Waals surface area contributed by atoms with Crippen LogP contribution in [-0.4, -0.2) is 48.7 Å². The summed E-state index contributed by atoms with van der Waals surface area (Å²) in [7, 11) is 0.516. The number of fused-ring (bicyclic) bond motifs is 2. The highest BCUT2D eigenvalue weighted by Gasteiger charge is 2.16. The first-order valence-electron chi connectivity index (χ1n) is 10.0. The van der Waals surface area contributed by atoms with Crippen LogP contribution >= 0.6 is 11.3 Å². The molecule has 0 saturated heterocycles. The smallest absolute Gasteiger partial charge is 0.185 e. The first-order valence-corrected chi connectivity index (χ1v) is 12.7. The van der Waals surface area contributed by atoms with Crippen molar-refractivity contribution in [2.45, 2.75) is 4.90 Å². The Morgan fingerprint density at radius 1 is 1.00 bits per heavy atom. The van der Waals surface area contributed by atoms with Gasteiger partial charge in [0, 0.05) is 51.6 Å². The molecule has 3 heterocycles. The number of thiazole rings is 1. The Kier molecular flexibility index (Phi) is 5.18. The number of pyridine rings is 1. The van der Waals surface area contributed by atoms with Gasteiger partial charge in [-0.05, 0) is 35.9 Å². The average Bonchev–Trinajstić information content (AvgIpc) is 3.22. The van der Waals surface area contributed by atoms with E-state index in [0.717, 1.165) is 32.0 Å². The predicted molar refractivity (Wildman–Crippen MR) is 135 cm³/mol. The third-order valence-corrected chi connectivity index (χ3v) is 7.46. The van der Waals surface area contributed by atoms with Crippen LogP contribution in [0.25, 0.3) is 32.4 Å².